The van der Waals surface area contributed by atoms with Crippen molar-refractivity contribution in [1.82, 2.24) is 14.7 Å². The second-order valence-corrected chi connectivity index (χ2v) is 6.21. The summed E-state index contributed by atoms with van der Waals surface area (Å²) in [6.45, 7) is 0.869. The van der Waals surface area contributed by atoms with Gasteiger partial charge in [-0.1, -0.05) is 12.8 Å². The van der Waals surface area contributed by atoms with Crippen molar-refractivity contribution in [2.24, 2.45) is 18.7 Å². The molecule has 2 unspecified atom stereocenters. The van der Waals surface area contributed by atoms with Gasteiger partial charge < -0.3 is 10.6 Å². The first-order valence-corrected chi connectivity index (χ1v) is 7.71. The molecule has 0 spiro atoms. The molecule has 0 aromatic carbocycles. The summed E-state index contributed by atoms with van der Waals surface area (Å²) >= 11 is 0. The average Bonchev–Trinajstić information content (AvgIpc) is 3.16. The van der Waals surface area contributed by atoms with E-state index >= 15 is 0 Å². The van der Waals surface area contributed by atoms with Gasteiger partial charge in [0.15, 0.2) is 0 Å². The summed E-state index contributed by atoms with van der Waals surface area (Å²) < 4.78 is 1.70. The van der Waals surface area contributed by atoms with Crippen LogP contribution in [0.4, 0.5) is 0 Å². The van der Waals surface area contributed by atoms with Crippen LogP contribution in [0, 0.1) is 5.92 Å². The number of likely N-dealkylation sites (tertiary alicyclic amines) is 1. The zero-order valence-electron chi connectivity index (χ0n) is 12.2. The van der Waals surface area contributed by atoms with E-state index in [4.69, 9.17) is 5.73 Å². The van der Waals surface area contributed by atoms with Crippen LogP contribution in [0.2, 0.25) is 0 Å². The molecule has 0 radical (unpaired) electrons. The normalized spacial score (nSPS) is 25.3. The highest BCUT2D eigenvalue weighted by Gasteiger charge is 2.37. The van der Waals surface area contributed by atoms with Crippen molar-refractivity contribution in [3.63, 3.8) is 0 Å². The quantitative estimate of drug-likeness (QED) is 0.912. The van der Waals surface area contributed by atoms with E-state index in [9.17, 15) is 4.79 Å². The van der Waals surface area contributed by atoms with E-state index in [1.165, 1.54) is 25.7 Å². The van der Waals surface area contributed by atoms with E-state index < -0.39 is 6.04 Å². The molecule has 1 aliphatic carbocycles. The number of amides is 1. The van der Waals surface area contributed by atoms with Gasteiger partial charge >= 0.3 is 0 Å². The van der Waals surface area contributed by atoms with Crippen molar-refractivity contribution in [3.05, 3.63) is 18.0 Å². The molecule has 2 N–H and O–H groups in total. The predicted molar refractivity (Wildman–Crippen MR) is 76.8 cm³/mol. The molecule has 1 aromatic rings. The minimum Gasteiger partial charge on any atom is -0.338 e. The Hall–Kier alpha value is -1.36. The lowest BCUT2D eigenvalue weighted by Crippen LogP contribution is -2.44. The molecule has 1 aromatic heterocycles. The molecule has 1 saturated carbocycles. The largest absolute Gasteiger partial charge is 0.338 e. The minimum absolute atomic E-state index is 0.0763. The summed E-state index contributed by atoms with van der Waals surface area (Å²) in [5.41, 5.74) is 6.96. The Labute approximate surface area is 120 Å². The Morgan fingerprint density at radius 1 is 1.35 bits per heavy atom. The fourth-order valence-electron chi connectivity index (χ4n) is 3.82. The van der Waals surface area contributed by atoms with Crippen LogP contribution in [0.1, 0.15) is 50.1 Å². The van der Waals surface area contributed by atoms with Crippen molar-refractivity contribution in [1.29, 1.82) is 0 Å². The summed E-state index contributed by atoms with van der Waals surface area (Å²) in [6, 6.07) is -0.140. The summed E-state index contributed by atoms with van der Waals surface area (Å²) in [4.78, 5) is 14.7. The highest BCUT2D eigenvalue weighted by atomic mass is 16.2. The lowest BCUT2D eigenvalue weighted by molar-refractivity contribution is -0.134. The van der Waals surface area contributed by atoms with Crippen molar-refractivity contribution >= 4 is 5.91 Å². The van der Waals surface area contributed by atoms with Gasteiger partial charge in [-0.2, -0.15) is 5.10 Å². The van der Waals surface area contributed by atoms with Crippen molar-refractivity contribution in [2.45, 2.75) is 50.6 Å². The highest BCUT2D eigenvalue weighted by Crippen LogP contribution is 2.36. The maximum atomic E-state index is 12.7. The molecule has 1 aliphatic heterocycles. The van der Waals surface area contributed by atoms with Crippen LogP contribution < -0.4 is 5.73 Å². The van der Waals surface area contributed by atoms with Gasteiger partial charge in [0.25, 0.3) is 0 Å². The zero-order valence-corrected chi connectivity index (χ0v) is 12.2. The van der Waals surface area contributed by atoms with Crippen LogP contribution >= 0.6 is 0 Å². The number of carbonyl (C=O) groups excluding carboxylic acids is 1. The smallest absolute Gasteiger partial charge is 0.244 e. The molecular formula is C15H24N4O. The standard InChI is InChI=1S/C15H24N4O/c1-18-10-12(9-17-18)14(16)15(20)19-8-4-7-13(19)11-5-2-3-6-11/h9-11,13-14H,2-8,16H2,1H3. The van der Waals surface area contributed by atoms with Gasteiger partial charge in [-0.3, -0.25) is 9.48 Å². The van der Waals surface area contributed by atoms with E-state index in [2.05, 4.69) is 5.10 Å². The van der Waals surface area contributed by atoms with E-state index in [-0.39, 0.29) is 5.91 Å². The number of nitrogens with zero attached hydrogens (tertiary/aromatic N) is 3. The first-order valence-electron chi connectivity index (χ1n) is 7.71. The fourth-order valence-corrected chi connectivity index (χ4v) is 3.82. The molecule has 2 fully saturated rings. The molecule has 2 aliphatic rings. The molecular weight excluding hydrogens is 252 g/mol. The molecule has 20 heavy (non-hydrogen) atoms. The predicted octanol–water partition coefficient (Wildman–Crippen LogP) is 1.60. The van der Waals surface area contributed by atoms with Crippen LogP contribution in [0.15, 0.2) is 12.4 Å². The Balaban J connectivity index is 1.72. The van der Waals surface area contributed by atoms with Crippen LogP contribution in [0.3, 0.4) is 0 Å². The lowest BCUT2D eigenvalue weighted by Gasteiger charge is -2.31. The van der Waals surface area contributed by atoms with Gasteiger partial charge in [-0.05, 0) is 31.6 Å². The maximum absolute atomic E-state index is 12.7. The Kier molecular flexibility index (Phi) is 3.78. The van der Waals surface area contributed by atoms with Crippen molar-refractivity contribution < 1.29 is 4.79 Å². The summed E-state index contributed by atoms with van der Waals surface area (Å²) in [5, 5.41) is 4.11. The number of aromatic nitrogens is 2. The first kappa shape index (κ1) is 13.6. The molecule has 5 nitrogen and oxygen atoms in total. The van der Waals surface area contributed by atoms with Crippen LogP contribution in [0.25, 0.3) is 0 Å². The molecule has 1 saturated heterocycles. The van der Waals surface area contributed by atoms with Gasteiger partial charge in [0, 0.05) is 31.4 Å². The monoisotopic (exact) mass is 276 g/mol. The number of hydrogen-bond acceptors (Lipinski definition) is 3. The second-order valence-electron chi connectivity index (χ2n) is 6.21. The van der Waals surface area contributed by atoms with Crippen molar-refractivity contribution in [3.8, 4) is 0 Å². The van der Waals surface area contributed by atoms with Gasteiger partial charge in [-0.15, -0.1) is 0 Å². The van der Waals surface area contributed by atoms with Crippen LogP contribution in [0.5, 0.6) is 0 Å². The maximum Gasteiger partial charge on any atom is 0.244 e. The van der Waals surface area contributed by atoms with Gasteiger partial charge in [0.1, 0.15) is 6.04 Å². The zero-order chi connectivity index (χ0) is 14.1. The molecule has 5 heteroatoms. The number of rotatable bonds is 3. The summed E-state index contributed by atoms with van der Waals surface area (Å²) in [5.74, 6) is 0.773. The average molecular weight is 276 g/mol. The minimum atomic E-state index is -0.564. The number of nitrogens with two attached hydrogens (primary N) is 1. The third-order valence-electron chi connectivity index (χ3n) is 4.88. The second kappa shape index (κ2) is 5.56. The van der Waals surface area contributed by atoms with Gasteiger partial charge in [0.05, 0.1) is 6.20 Å². The highest BCUT2D eigenvalue weighted by molar-refractivity contribution is 5.83. The first-order chi connectivity index (χ1) is 9.66. The summed E-state index contributed by atoms with van der Waals surface area (Å²) in [7, 11) is 1.85. The van der Waals surface area contributed by atoms with Crippen LogP contribution in [-0.2, 0) is 11.8 Å². The lowest BCUT2D eigenvalue weighted by atomic mass is 9.95. The van der Waals surface area contributed by atoms with Crippen molar-refractivity contribution in [2.75, 3.05) is 6.54 Å². The third kappa shape index (κ3) is 2.46. The van der Waals surface area contributed by atoms with E-state index in [0.29, 0.717) is 12.0 Å². The Morgan fingerprint density at radius 2 is 2.10 bits per heavy atom. The van der Waals surface area contributed by atoms with E-state index in [1.54, 1.807) is 10.9 Å². The summed E-state index contributed by atoms with van der Waals surface area (Å²) in [6.07, 6.45) is 11.0. The number of carbonyl (C=O) groups is 1. The SMILES string of the molecule is Cn1cc(C(N)C(=O)N2CCCC2C2CCCC2)cn1. The molecule has 3 rings (SSSR count). The van der Waals surface area contributed by atoms with Gasteiger partial charge in [0.2, 0.25) is 5.91 Å². The van der Waals surface area contributed by atoms with E-state index in [0.717, 1.165) is 24.9 Å². The Morgan fingerprint density at radius 3 is 2.75 bits per heavy atom. The molecule has 110 valence electrons. The topological polar surface area (TPSA) is 64.2 Å². The van der Waals surface area contributed by atoms with E-state index in [1.807, 2.05) is 18.1 Å². The van der Waals surface area contributed by atoms with Crippen LogP contribution in [-0.4, -0.2) is 33.2 Å². The Bertz CT molecular complexity index is 478. The van der Waals surface area contributed by atoms with Gasteiger partial charge in [-0.25, -0.2) is 0 Å². The third-order valence-corrected chi connectivity index (χ3v) is 4.88. The fraction of sp³-hybridized carbons (Fsp3) is 0.733. The molecule has 1 amide bonds. The molecule has 0 bridgehead atoms. The number of hydrogen-bond donors (Lipinski definition) is 1. The molecule has 2 atom stereocenters. The molecule has 2 heterocycles. The number of aryl methyl sites for hydroxylation is 1.